The Morgan fingerprint density at radius 1 is 1.40 bits per heavy atom. The van der Waals surface area contributed by atoms with E-state index in [9.17, 15) is 13.2 Å². The molecule has 0 amide bonds. The van der Waals surface area contributed by atoms with Crippen LogP contribution >= 0.6 is 15.9 Å². The minimum atomic E-state index is -4.21. The maximum Gasteiger partial charge on any atom is 0.392 e. The van der Waals surface area contributed by atoms with Crippen molar-refractivity contribution in [3.8, 4) is 5.88 Å². The van der Waals surface area contributed by atoms with Gasteiger partial charge in [0.2, 0.25) is 5.88 Å². The molecule has 0 bridgehead atoms. The maximum atomic E-state index is 11.8. The van der Waals surface area contributed by atoms with Crippen molar-refractivity contribution in [1.29, 1.82) is 0 Å². The Bertz CT molecular complexity index is 323. The van der Waals surface area contributed by atoms with Crippen LogP contribution in [0.4, 0.5) is 13.2 Å². The van der Waals surface area contributed by atoms with Crippen molar-refractivity contribution < 1.29 is 17.9 Å². The molecule has 1 aromatic heterocycles. The summed E-state index contributed by atoms with van der Waals surface area (Å²) in [7, 11) is 0. The number of aryl methyl sites for hydroxylation is 1. The Labute approximate surface area is 92.8 Å². The largest absolute Gasteiger partial charge is 0.477 e. The molecule has 0 spiro atoms. The Kier molecular flexibility index (Phi) is 3.90. The Hall–Kier alpha value is -0.850. The first-order valence-electron chi connectivity index (χ1n) is 4.07. The van der Waals surface area contributed by atoms with Gasteiger partial charge in [0.15, 0.2) is 0 Å². The molecular formula is C8H8BrF3N2O. The minimum absolute atomic E-state index is 0.138. The molecule has 0 N–H and O–H groups in total. The van der Waals surface area contributed by atoms with Crippen molar-refractivity contribution in [2.24, 2.45) is 0 Å². The van der Waals surface area contributed by atoms with E-state index in [4.69, 9.17) is 4.74 Å². The van der Waals surface area contributed by atoms with Crippen molar-refractivity contribution in [1.82, 2.24) is 9.97 Å². The van der Waals surface area contributed by atoms with Crippen LogP contribution in [-0.2, 0) is 0 Å². The number of halogens is 4. The number of nitrogens with zero attached hydrogens (tertiary/aromatic N) is 2. The average molecular weight is 285 g/mol. The topological polar surface area (TPSA) is 35.0 Å². The van der Waals surface area contributed by atoms with E-state index in [-0.39, 0.29) is 5.88 Å². The van der Waals surface area contributed by atoms with Gasteiger partial charge in [0.25, 0.3) is 0 Å². The highest BCUT2D eigenvalue weighted by molar-refractivity contribution is 9.10. The Morgan fingerprint density at radius 2 is 2.07 bits per heavy atom. The zero-order chi connectivity index (χ0) is 11.5. The third-order valence-electron chi connectivity index (χ3n) is 1.42. The van der Waals surface area contributed by atoms with Crippen LogP contribution in [0.5, 0.6) is 5.88 Å². The molecule has 0 radical (unpaired) electrons. The van der Waals surface area contributed by atoms with E-state index in [1.807, 2.05) is 0 Å². The fraction of sp³-hybridized carbons (Fsp3) is 0.500. The SMILES string of the molecule is Cc1nc(Br)cc(OCCC(F)(F)F)n1. The second-order valence-corrected chi connectivity index (χ2v) is 3.60. The van der Waals surface area contributed by atoms with Gasteiger partial charge in [-0.15, -0.1) is 0 Å². The summed E-state index contributed by atoms with van der Waals surface area (Å²) in [5.41, 5.74) is 0. The van der Waals surface area contributed by atoms with Gasteiger partial charge in [-0.05, 0) is 22.9 Å². The molecule has 1 rings (SSSR count). The second-order valence-electron chi connectivity index (χ2n) is 2.79. The molecule has 84 valence electrons. The van der Waals surface area contributed by atoms with Crippen molar-refractivity contribution in [3.63, 3.8) is 0 Å². The molecule has 15 heavy (non-hydrogen) atoms. The molecule has 3 nitrogen and oxygen atoms in total. The van der Waals surface area contributed by atoms with E-state index >= 15 is 0 Å². The number of aromatic nitrogens is 2. The zero-order valence-corrected chi connectivity index (χ0v) is 9.39. The minimum Gasteiger partial charge on any atom is -0.477 e. The number of ether oxygens (including phenoxy) is 1. The summed E-state index contributed by atoms with van der Waals surface area (Å²) in [4.78, 5) is 7.72. The normalized spacial score (nSPS) is 11.5. The predicted molar refractivity (Wildman–Crippen MR) is 50.6 cm³/mol. The van der Waals surface area contributed by atoms with Gasteiger partial charge in [-0.2, -0.15) is 18.2 Å². The molecule has 0 aliphatic heterocycles. The molecule has 0 fully saturated rings. The second kappa shape index (κ2) is 4.78. The summed E-state index contributed by atoms with van der Waals surface area (Å²) < 4.78 is 40.7. The molecular weight excluding hydrogens is 277 g/mol. The predicted octanol–water partition coefficient (Wildman–Crippen LogP) is 2.88. The summed E-state index contributed by atoms with van der Waals surface area (Å²) in [5, 5.41) is 0. The number of hydrogen-bond acceptors (Lipinski definition) is 3. The summed E-state index contributed by atoms with van der Waals surface area (Å²) >= 11 is 3.09. The van der Waals surface area contributed by atoms with Gasteiger partial charge >= 0.3 is 6.18 Å². The van der Waals surface area contributed by atoms with Gasteiger partial charge in [0.05, 0.1) is 13.0 Å². The lowest BCUT2D eigenvalue weighted by molar-refractivity contribution is -0.139. The Balaban J connectivity index is 2.51. The smallest absolute Gasteiger partial charge is 0.392 e. The van der Waals surface area contributed by atoms with Gasteiger partial charge in [-0.25, -0.2) is 4.98 Å². The Morgan fingerprint density at radius 3 is 2.60 bits per heavy atom. The lowest BCUT2D eigenvalue weighted by Gasteiger charge is -2.08. The van der Waals surface area contributed by atoms with E-state index in [2.05, 4.69) is 25.9 Å². The van der Waals surface area contributed by atoms with Crippen molar-refractivity contribution in [2.75, 3.05) is 6.61 Å². The van der Waals surface area contributed by atoms with Gasteiger partial charge in [0, 0.05) is 6.07 Å². The molecule has 0 aliphatic carbocycles. The molecule has 1 heterocycles. The molecule has 0 aliphatic rings. The number of hydrogen-bond donors (Lipinski definition) is 0. The first-order chi connectivity index (χ1) is 6.87. The summed E-state index contributed by atoms with van der Waals surface area (Å²) in [6, 6.07) is 1.42. The molecule has 0 unspecified atom stereocenters. The van der Waals surface area contributed by atoms with Gasteiger partial charge in [-0.3, -0.25) is 0 Å². The maximum absolute atomic E-state index is 11.8. The van der Waals surface area contributed by atoms with Crippen molar-refractivity contribution >= 4 is 15.9 Å². The van der Waals surface area contributed by atoms with E-state index in [0.29, 0.717) is 10.4 Å². The van der Waals surface area contributed by atoms with E-state index in [1.165, 1.54) is 6.07 Å². The van der Waals surface area contributed by atoms with Crippen LogP contribution in [0.15, 0.2) is 10.7 Å². The van der Waals surface area contributed by atoms with Crippen LogP contribution in [0.1, 0.15) is 12.2 Å². The van der Waals surface area contributed by atoms with E-state index < -0.39 is 19.2 Å². The van der Waals surface area contributed by atoms with Gasteiger partial charge in [-0.1, -0.05) is 0 Å². The lowest BCUT2D eigenvalue weighted by atomic mass is 10.4. The van der Waals surface area contributed by atoms with Crippen LogP contribution in [0, 0.1) is 6.92 Å². The van der Waals surface area contributed by atoms with Crippen LogP contribution in [-0.4, -0.2) is 22.8 Å². The third-order valence-corrected chi connectivity index (χ3v) is 1.82. The first kappa shape index (κ1) is 12.2. The quantitative estimate of drug-likeness (QED) is 0.801. The van der Waals surface area contributed by atoms with Crippen LogP contribution < -0.4 is 4.74 Å². The third kappa shape index (κ3) is 4.96. The van der Waals surface area contributed by atoms with Crippen LogP contribution in [0.25, 0.3) is 0 Å². The summed E-state index contributed by atoms with van der Waals surface area (Å²) in [6.07, 6.45) is -5.20. The molecule has 1 aromatic rings. The number of alkyl halides is 3. The summed E-state index contributed by atoms with van der Waals surface area (Å²) in [6.45, 7) is 1.19. The standard InChI is InChI=1S/C8H8BrF3N2O/c1-5-13-6(9)4-7(14-5)15-3-2-8(10,11)12/h4H,2-3H2,1H3. The fourth-order valence-electron chi connectivity index (χ4n) is 0.851. The van der Waals surface area contributed by atoms with Crippen LogP contribution in [0.3, 0.4) is 0 Å². The fourth-order valence-corrected chi connectivity index (χ4v) is 1.30. The van der Waals surface area contributed by atoms with Crippen molar-refractivity contribution in [2.45, 2.75) is 19.5 Å². The van der Waals surface area contributed by atoms with E-state index in [1.54, 1.807) is 6.92 Å². The number of rotatable bonds is 3. The van der Waals surface area contributed by atoms with E-state index in [0.717, 1.165) is 0 Å². The molecule has 7 heteroatoms. The molecule has 0 saturated heterocycles. The van der Waals surface area contributed by atoms with Gasteiger partial charge < -0.3 is 4.74 Å². The molecule has 0 atom stereocenters. The van der Waals surface area contributed by atoms with Crippen molar-refractivity contribution in [3.05, 3.63) is 16.5 Å². The summed E-state index contributed by atoms with van der Waals surface area (Å²) in [5.74, 6) is 0.574. The monoisotopic (exact) mass is 284 g/mol. The van der Waals surface area contributed by atoms with Crippen LogP contribution in [0.2, 0.25) is 0 Å². The lowest BCUT2D eigenvalue weighted by Crippen LogP contribution is -2.13. The molecule has 0 aromatic carbocycles. The highest BCUT2D eigenvalue weighted by Crippen LogP contribution is 2.20. The first-order valence-corrected chi connectivity index (χ1v) is 4.87. The average Bonchev–Trinajstić information content (AvgIpc) is 1.99. The zero-order valence-electron chi connectivity index (χ0n) is 7.81. The van der Waals surface area contributed by atoms with Gasteiger partial charge in [0.1, 0.15) is 10.4 Å². The molecule has 0 saturated carbocycles. The highest BCUT2D eigenvalue weighted by Gasteiger charge is 2.26. The highest BCUT2D eigenvalue weighted by atomic mass is 79.9.